The summed E-state index contributed by atoms with van der Waals surface area (Å²) in [6.45, 7) is 0. The first kappa shape index (κ1) is 19.7. The predicted octanol–water partition coefficient (Wildman–Crippen LogP) is 8.01. The standard InChI is InChI=1S/C23H13Br2F2NO/c24-15-9-7-14(8-10-15)21-5-2-6-22(28-21)18-12-23(20(27)13-19(18)26)29-17-4-1-3-16(25)11-17/h1-13H. The molecule has 0 aliphatic rings. The molecule has 0 saturated carbocycles. The SMILES string of the molecule is Fc1cc(F)c(-c2cccc(-c3ccc(Br)cc3)n2)cc1Oc1cccc(Br)c1. The third-order valence-electron chi connectivity index (χ3n) is 4.21. The predicted molar refractivity (Wildman–Crippen MR) is 117 cm³/mol. The maximum Gasteiger partial charge on any atom is 0.168 e. The van der Waals surface area contributed by atoms with Crippen molar-refractivity contribution < 1.29 is 13.5 Å². The molecule has 0 aliphatic carbocycles. The first-order valence-corrected chi connectivity index (χ1v) is 10.2. The van der Waals surface area contributed by atoms with Crippen molar-refractivity contribution >= 4 is 31.9 Å². The van der Waals surface area contributed by atoms with Gasteiger partial charge in [-0.05, 0) is 48.5 Å². The largest absolute Gasteiger partial charge is 0.454 e. The van der Waals surface area contributed by atoms with Crippen LogP contribution in [-0.4, -0.2) is 4.98 Å². The van der Waals surface area contributed by atoms with Gasteiger partial charge in [0.15, 0.2) is 11.6 Å². The van der Waals surface area contributed by atoms with E-state index < -0.39 is 11.6 Å². The molecule has 0 spiro atoms. The van der Waals surface area contributed by atoms with Crippen molar-refractivity contribution in [2.45, 2.75) is 0 Å². The number of benzene rings is 3. The van der Waals surface area contributed by atoms with Crippen molar-refractivity contribution in [3.8, 4) is 34.0 Å². The van der Waals surface area contributed by atoms with Crippen LogP contribution in [0.3, 0.4) is 0 Å². The van der Waals surface area contributed by atoms with Crippen molar-refractivity contribution in [1.82, 2.24) is 4.98 Å². The van der Waals surface area contributed by atoms with Gasteiger partial charge in [0.2, 0.25) is 0 Å². The van der Waals surface area contributed by atoms with Gasteiger partial charge in [-0.2, -0.15) is 0 Å². The van der Waals surface area contributed by atoms with E-state index in [-0.39, 0.29) is 11.3 Å². The molecule has 0 aliphatic heterocycles. The quantitative estimate of drug-likeness (QED) is 0.274. The summed E-state index contributed by atoms with van der Waals surface area (Å²) in [6.07, 6.45) is 0. The molecule has 29 heavy (non-hydrogen) atoms. The molecule has 0 radical (unpaired) electrons. The summed E-state index contributed by atoms with van der Waals surface area (Å²) < 4.78 is 36.2. The Kier molecular flexibility index (Phi) is 5.74. The van der Waals surface area contributed by atoms with Crippen LogP contribution in [0.1, 0.15) is 0 Å². The lowest BCUT2D eigenvalue weighted by Crippen LogP contribution is -1.95. The van der Waals surface area contributed by atoms with Crippen molar-refractivity contribution in [3.63, 3.8) is 0 Å². The van der Waals surface area contributed by atoms with E-state index in [1.54, 1.807) is 30.3 Å². The molecular weight excluding hydrogens is 504 g/mol. The fourth-order valence-corrected chi connectivity index (χ4v) is 3.47. The van der Waals surface area contributed by atoms with Gasteiger partial charge in [0, 0.05) is 26.1 Å². The Hall–Kier alpha value is -2.57. The fraction of sp³-hybridized carbons (Fsp3) is 0. The van der Waals surface area contributed by atoms with Crippen molar-refractivity contribution in [1.29, 1.82) is 0 Å². The van der Waals surface area contributed by atoms with Crippen LogP contribution in [0.15, 0.2) is 87.8 Å². The van der Waals surface area contributed by atoms with Crippen LogP contribution in [-0.2, 0) is 0 Å². The lowest BCUT2D eigenvalue weighted by molar-refractivity contribution is 0.438. The lowest BCUT2D eigenvalue weighted by Gasteiger charge is -2.11. The van der Waals surface area contributed by atoms with Gasteiger partial charge in [-0.15, -0.1) is 0 Å². The highest BCUT2D eigenvalue weighted by atomic mass is 79.9. The molecule has 0 bridgehead atoms. The van der Waals surface area contributed by atoms with Gasteiger partial charge in [0.1, 0.15) is 11.6 Å². The molecule has 1 heterocycles. The second kappa shape index (κ2) is 8.43. The molecule has 1 aromatic heterocycles. The van der Waals surface area contributed by atoms with Gasteiger partial charge >= 0.3 is 0 Å². The summed E-state index contributed by atoms with van der Waals surface area (Å²) in [5.74, 6) is -1.12. The van der Waals surface area contributed by atoms with E-state index in [1.165, 1.54) is 6.07 Å². The average molecular weight is 517 g/mol. The highest BCUT2D eigenvalue weighted by Crippen LogP contribution is 2.33. The molecular formula is C23H13Br2F2NO. The minimum atomic E-state index is -0.782. The minimum Gasteiger partial charge on any atom is -0.454 e. The Balaban J connectivity index is 1.73. The van der Waals surface area contributed by atoms with Gasteiger partial charge in [0.05, 0.1) is 11.4 Å². The first-order chi connectivity index (χ1) is 14.0. The Labute approximate surface area is 183 Å². The molecule has 4 rings (SSSR count). The number of ether oxygens (including phenoxy) is 1. The topological polar surface area (TPSA) is 22.1 Å². The summed E-state index contributed by atoms with van der Waals surface area (Å²) in [7, 11) is 0. The van der Waals surface area contributed by atoms with Gasteiger partial charge in [-0.3, -0.25) is 0 Å². The van der Waals surface area contributed by atoms with E-state index in [2.05, 4.69) is 36.8 Å². The number of rotatable bonds is 4. The first-order valence-electron chi connectivity index (χ1n) is 8.65. The second-order valence-corrected chi connectivity index (χ2v) is 8.07. The molecule has 3 aromatic carbocycles. The minimum absolute atomic E-state index is 0.0738. The monoisotopic (exact) mass is 515 g/mol. The molecule has 0 amide bonds. The maximum absolute atomic E-state index is 14.6. The highest BCUT2D eigenvalue weighted by Gasteiger charge is 2.15. The summed E-state index contributed by atoms with van der Waals surface area (Å²) in [5, 5.41) is 0. The van der Waals surface area contributed by atoms with Crippen molar-refractivity contribution in [3.05, 3.63) is 99.4 Å². The molecule has 0 fully saturated rings. The Morgan fingerprint density at radius 1 is 0.690 bits per heavy atom. The smallest absolute Gasteiger partial charge is 0.168 e. The molecule has 0 unspecified atom stereocenters. The third-order valence-corrected chi connectivity index (χ3v) is 5.23. The van der Waals surface area contributed by atoms with Gasteiger partial charge in [-0.1, -0.05) is 56.1 Å². The molecule has 144 valence electrons. The molecule has 0 atom stereocenters. The van der Waals surface area contributed by atoms with Crippen LogP contribution in [0.2, 0.25) is 0 Å². The van der Waals surface area contributed by atoms with E-state index >= 15 is 0 Å². The summed E-state index contributed by atoms with van der Waals surface area (Å²) in [4.78, 5) is 4.55. The number of halogens is 4. The van der Waals surface area contributed by atoms with Crippen molar-refractivity contribution in [2.75, 3.05) is 0 Å². The summed E-state index contributed by atoms with van der Waals surface area (Å²) >= 11 is 6.75. The van der Waals surface area contributed by atoms with Gasteiger partial charge in [0.25, 0.3) is 0 Å². The van der Waals surface area contributed by atoms with Crippen LogP contribution in [0.4, 0.5) is 8.78 Å². The van der Waals surface area contributed by atoms with Crippen LogP contribution in [0.5, 0.6) is 11.5 Å². The summed E-state index contributed by atoms with van der Waals surface area (Å²) in [6, 6.07) is 22.1. The van der Waals surface area contributed by atoms with E-state index in [0.29, 0.717) is 17.1 Å². The number of pyridine rings is 1. The summed E-state index contributed by atoms with van der Waals surface area (Å²) in [5.41, 5.74) is 2.13. The molecule has 4 aromatic rings. The normalized spacial score (nSPS) is 10.8. The zero-order valence-corrected chi connectivity index (χ0v) is 18.0. The van der Waals surface area contributed by atoms with Gasteiger partial charge in [-0.25, -0.2) is 13.8 Å². The third kappa shape index (κ3) is 4.54. The highest BCUT2D eigenvalue weighted by molar-refractivity contribution is 9.10. The molecule has 0 saturated heterocycles. The van der Waals surface area contributed by atoms with Crippen LogP contribution >= 0.6 is 31.9 Å². The van der Waals surface area contributed by atoms with E-state index in [4.69, 9.17) is 4.74 Å². The molecule has 2 nitrogen and oxygen atoms in total. The molecule has 6 heteroatoms. The average Bonchev–Trinajstić information content (AvgIpc) is 2.71. The fourth-order valence-electron chi connectivity index (χ4n) is 2.83. The van der Waals surface area contributed by atoms with Crippen LogP contribution < -0.4 is 4.74 Å². The number of hydrogen-bond acceptors (Lipinski definition) is 2. The molecule has 0 N–H and O–H groups in total. The lowest BCUT2D eigenvalue weighted by atomic mass is 10.1. The number of aromatic nitrogens is 1. The maximum atomic E-state index is 14.6. The number of hydrogen-bond donors (Lipinski definition) is 0. The Morgan fingerprint density at radius 3 is 2.17 bits per heavy atom. The van der Waals surface area contributed by atoms with Crippen LogP contribution in [0.25, 0.3) is 22.5 Å². The Bertz CT molecular complexity index is 1180. The van der Waals surface area contributed by atoms with Gasteiger partial charge < -0.3 is 4.74 Å². The zero-order chi connectivity index (χ0) is 20.4. The van der Waals surface area contributed by atoms with Crippen LogP contribution in [0, 0.1) is 11.6 Å². The second-order valence-electron chi connectivity index (χ2n) is 6.24. The van der Waals surface area contributed by atoms with E-state index in [0.717, 1.165) is 20.6 Å². The zero-order valence-electron chi connectivity index (χ0n) is 14.9. The van der Waals surface area contributed by atoms with Crippen molar-refractivity contribution in [2.24, 2.45) is 0 Å². The van der Waals surface area contributed by atoms with E-state index in [9.17, 15) is 8.78 Å². The number of nitrogens with zero attached hydrogens (tertiary/aromatic N) is 1. The Morgan fingerprint density at radius 2 is 1.41 bits per heavy atom. The van der Waals surface area contributed by atoms with E-state index in [1.807, 2.05) is 36.4 Å².